The average Bonchev–Trinajstić information content (AvgIpc) is 2.87. The molecule has 2 heterocycles. The summed E-state index contributed by atoms with van der Waals surface area (Å²) in [5, 5.41) is 12.4. The Morgan fingerprint density at radius 1 is 1.29 bits per heavy atom. The van der Waals surface area contributed by atoms with Crippen LogP contribution in [0.15, 0.2) is 28.8 Å². The minimum atomic E-state index is -0.433. The van der Waals surface area contributed by atoms with Gasteiger partial charge in [-0.3, -0.25) is 0 Å². The summed E-state index contributed by atoms with van der Waals surface area (Å²) in [6.07, 6.45) is -0.433. The Bertz CT molecular complexity index is 526. The van der Waals surface area contributed by atoms with Crippen LogP contribution in [0.3, 0.4) is 0 Å². The molecule has 0 amide bonds. The number of aliphatic hydroxyl groups is 1. The van der Waals surface area contributed by atoms with Crippen molar-refractivity contribution in [2.75, 3.05) is 6.61 Å². The summed E-state index contributed by atoms with van der Waals surface area (Å²) in [5.74, 6) is 1.89. The lowest BCUT2D eigenvalue weighted by Crippen LogP contribution is -2.21. The molecule has 1 aromatic heterocycles. The van der Waals surface area contributed by atoms with Crippen molar-refractivity contribution in [3.63, 3.8) is 0 Å². The minimum absolute atomic E-state index is 0.238. The smallest absolute Gasteiger partial charge is 0.271 e. The molecular formula is C11H10N2O4. The van der Waals surface area contributed by atoms with E-state index in [1.165, 1.54) is 0 Å². The Labute approximate surface area is 96.8 Å². The fourth-order valence-electron chi connectivity index (χ4n) is 1.60. The van der Waals surface area contributed by atoms with Gasteiger partial charge >= 0.3 is 0 Å². The number of aromatic nitrogens is 2. The second-order valence-electron chi connectivity index (χ2n) is 3.57. The summed E-state index contributed by atoms with van der Waals surface area (Å²) in [5.41, 5.74) is 0. The Kier molecular flexibility index (Phi) is 2.41. The predicted molar refractivity (Wildman–Crippen MR) is 55.5 cm³/mol. The topological polar surface area (TPSA) is 77.6 Å². The minimum Gasteiger partial charge on any atom is -0.485 e. The molecule has 1 aliphatic rings. The highest BCUT2D eigenvalue weighted by atomic mass is 16.6. The molecular weight excluding hydrogens is 224 g/mol. The summed E-state index contributed by atoms with van der Waals surface area (Å²) >= 11 is 0. The Morgan fingerprint density at radius 3 is 2.88 bits per heavy atom. The van der Waals surface area contributed by atoms with E-state index in [1.54, 1.807) is 0 Å². The van der Waals surface area contributed by atoms with Crippen LogP contribution in [0.1, 0.15) is 17.8 Å². The zero-order chi connectivity index (χ0) is 11.7. The van der Waals surface area contributed by atoms with Crippen molar-refractivity contribution in [3.05, 3.63) is 36.0 Å². The molecule has 1 aliphatic heterocycles. The van der Waals surface area contributed by atoms with E-state index < -0.39 is 6.10 Å². The van der Waals surface area contributed by atoms with Crippen LogP contribution >= 0.6 is 0 Å². The predicted octanol–water partition coefficient (Wildman–Crippen LogP) is 1.07. The highest BCUT2D eigenvalue weighted by molar-refractivity contribution is 5.40. The number of ether oxygens (including phenoxy) is 2. The van der Waals surface area contributed by atoms with E-state index in [0.717, 1.165) is 0 Å². The van der Waals surface area contributed by atoms with E-state index in [0.29, 0.717) is 24.0 Å². The molecule has 2 aromatic rings. The van der Waals surface area contributed by atoms with E-state index in [9.17, 15) is 0 Å². The van der Waals surface area contributed by atoms with Gasteiger partial charge in [0.1, 0.15) is 13.2 Å². The first-order valence-electron chi connectivity index (χ1n) is 5.18. The van der Waals surface area contributed by atoms with Crippen molar-refractivity contribution in [1.82, 2.24) is 10.1 Å². The summed E-state index contributed by atoms with van der Waals surface area (Å²) < 4.78 is 16.2. The first kappa shape index (κ1) is 10.1. The fourth-order valence-corrected chi connectivity index (χ4v) is 1.60. The molecule has 0 bridgehead atoms. The van der Waals surface area contributed by atoms with Gasteiger partial charge in [-0.2, -0.15) is 4.98 Å². The molecule has 3 rings (SSSR count). The van der Waals surface area contributed by atoms with E-state index in [-0.39, 0.29) is 12.4 Å². The molecule has 6 heteroatoms. The lowest BCUT2D eigenvalue weighted by atomic mass is 10.2. The molecule has 1 aromatic carbocycles. The zero-order valence-corrected chi connectivity index (χ0v) is 8.87. The molecule has 1 unspecified atom stereocenters. The van der Waals surface area contributed by atoms with Crippen molar-refractivity contribution in [2.24, 2.45) is 0 Å². The van der Waals surface area contributed by atoms with Crippen LogP contribution in [0, 0.1) is 0 Å². The van der Waals surface area contributed by atoms with Gasteiger partial charge in [-0.25, -0.2) is 0 Å². The maximum Gasteiger partial charge on any atom is 0.271 e. The van der Waals surface area contributed by atoms with E-state index in [4.69, 9.17) is 19.1 Å². The highest BCUT2D eigenvalue weighted by Crippen LogP contribution is 2.35. The summed E-state index contributed by atoms with van der Waals surface area (Å²) in [6, 6.07) is 7.37. The van der Waals surface area contributed by atoms with Crippen LogP contribution in [0.2, 0.25) is 0 Å². The van der Waals surface area contributed by atoms with Crippen LogP contribution in [0.25, 0.3) is 0 Å². The van der Waals surface area contributed by atoms with Gasteiger partial charge in [0.05, 0.1) is 0 Å². The van der Waals surface area contributed by atoms with Gasteiger partial charge in [0.25, 0.3) is 5.89 Å². The van der Waals surface area contributed by atoms with Crippen molar-refractivity contribution in [1.29, 1.82) is 0 Å². The van der Waals surface area contributed by atoms with E-state index >= 15 is 0 Å². The molecule has 0 spiro atoms. The third-order valence-electron chi connectivity index (χ3n) is 2.41. The molecule has 0 saturated carbocycles. The van der Waals surface area contributed by atoms with Crippen molar-refractivity contribution in [2.45, 2.75) is 12.7 Å². The van der Waals surface area contributed by atoms with Gasteiger partial charge in [-0.15, -0.1) is 0 Å². The van der Waals surface area contributed by atoms with Crippen LogP contribution in [0.5, 0.6) is 11.5 Å². The average molecular weight is 234 g/mol. The SMILES string of the molecule is OCc1noc(C2COc3ccccc3O2)n1. The quantitative estimate of drug-likeness (QED) is 0.837. The first-order valence-corrected chi connectivity index (χ1v) is 5.18. The summed E-state index contributed by atoms with van der Waals surface area (Å²) in [6.45, 7) is 0.0533. The number of benzene rings is 1. The Hall–Kier alpha value is -2.08. The molecule has 0 fully saturated rings. The summed E-state index contributed by atoms with van der Waals surface area (Å²) in [7, 11) is 0. The molecule has 0 saturated heterocycles. The molecule has 6 nitrogen and oxygen atoms in total. The highest BCUT2D eigenvalue weighted by Gasteiger charge is 2.27. The second-order valence-corrected chi connectivity index (χ2v) is 3.57. The first-order chi connectivity index (χ1) is 8.36. The number of hydrogen-bond acceptors (Lipinski definition) is 6. The maximum atomic E-state index is 8.85. The van der Waals surface area contributed by atoms with Gasteiger partial charge in [0.15, 0.2) is 17.3 Å². The lowest BCUT2D eigenvalue weighted by Gasteiger charge is -2.23. The van der Waals surface area contributed by atoms with E-state index in [2.05, 4.69) is 10.1 Å². The Morgan fingerprint density at radius 2 is 2.12 bits per heavy atom. The Balaban J connectivity index is 1.84. The molecule has 17 heavy (non-hydrogen) atoms. The monoisotopic (exact) mass is 234 g/mol. The molecule has 0 aliphatic carbocycles. The zero-order valence-electron chi connectivity index (χ0n) is 8.87. The molecule has 1 atom stereocenters. The van der Waals surface area contributed by atoms with Crippen molar-refractivity contribution < 1.29 is 19.1 Å². The normalized spacial score (nSPS) is 18.1. The van der Waals surface area contributed by atoms with Crippen LogP contribution < -0.4 is 9.47 Å². The lowest BCUT2D eigenvalue weighted by molar-refractivity contribution is 0.0665. The number of aliphatic hydroxyl groups excluding tert-OH is 1. The third kappa shape index (κ3) is 1.83. The molecule has 0 radical (unpaired) electrons. The van der Waals surface area contributed by atoms with Gasteiger partial charge in [0, 0.05) is 0 Å². The van der Waals surface area contributed by atoms with Gasteiger partial charge in [-0.05, 0) is 12.1 Å². The maximum absolute atomic E-state index is 8.85. The largest absolute Gasteiger partial charge is 0.485 e. The van der Waals surface area contributed by atoms with Gasteiger partial charge < -0.3 is 19.1 Å². The third-order valence-corrected chi connectivity index (χ3v) is 2.41. The van der Waals surface area contributed by atoms with Gasteiger partial charge in [0.2, 0.25) is 6.10 Å². The number of nitrogens with zero attached hydrogens (tertiary/aromatic N) is 2. The summed E-state index contributed by atoms with van der Waals surface area (Å²) in [4.78, 5) is 3.99. The second kappa shape index (κ2) is 4.06. The molecule has 1 N–H and O–H groups in total. The van der Waals surface area contributed by atoms with Crippen LogP contribution in [0.4, 0.5) is 0 Å². The number of fused-ring (bicyclic) bond motifs is 1. The van der Waals surface area contributed by atoms with Crippen molar-refractivity contribution >= 4 is 0 Å². The fraction of sp³-hybridized carbons (Fsp3) is 0.273. The van der Waals surface area contributed by atoms with Crippen LogP contribution in [-0.4, -0.2) is 21.9 Å². The van der Waals surface area contributed by atoms with E-state index in [1.807, 2.05) is 24.3 Å². The number of hydrogen-bond donors (Lipinski definition) is 1. The number of para-hydroxylation sites is 2. The van der Waals surface area contributed by atoms with Crippen LogP contribution in [-0.2, 0) is 6.61 Å². The van der Waals surface area contributed by atoms with Crippen molar-refractivity contribution in [3.8, 4) is 11.5 Å². The number of rotatable bonds is 2. The molecule has 88 valence electrons. The van der Waals surface area contributed by atoms with Gasteiger partial charge in [-0.1, -0.05) is 17.3 Å². The standard InChI is InChI=1S/C11H10N2O4/c14-5-10-12-11(17-13-10)9-6-15-7-3-1-2-4-8(7)16-9/h1-4,9,14H,5-6H2.